The largest absolute Gasteiger partial charge is 0.362 e. The van der Waals surface area contributed by atoms with Gasteiger partial charge in [0.25, 0.3) is 0 Å². The summed E-state index contributed by atoms with van der Waals surface area (Å²) in [6.07, 6.45) is 3.45. The summed E-state index contributed by atoms with van der Waals surface area (Å²) in [5.41, 5.74) is 2.48. The van der Waals surface area contributed by atoms with Gasteiger partial charge in [-0.2, -0.15) is 0 Å². The first-order valence-electron chi connectivity index (χ1n) is 6.38. The van der Waals surface area contributed by atoms with E-state index in [-0.39, 0.29) is 10.9 Å². The minimum atomic E-state index is -3.78. The molecule has 1 aliphatic carbocycles. The van der Waals surface area contributed by atoms with Gasteiger partial charge in [0.05, 0.1) is 6.04 Å². The Morgan fingerprint density at radius 1 is 1.20 bits per heavy atom. The van der Waals surface area contributed by atoms with Gasteiger partial charge in [0.1, 0.15) is 10.7 Å². The number of anilines is 1. The van der Waals surface area contributed by atoms with Crippen LogP contribution < -0.4 is 10.5 Å². The quantitative estimate of drug-likeness (QED) is 0.902. The Labute approximate surface area is 117 Å². The summed E-state index contributed by atoms with van der Waals surface area (Å²) in [6.45, 7) is 0. The zero-order chi connectivity index (χ0) is 14.2. The Balaban J connectivity index is 1.94. The number of nitrogens with zero attached hydrogens (tertiary/aromatic N) is 1. The minimum absolute atomic E-state index is 0.0318. The van der Waals surface area contributed by atoms with Gasteiger partial charge in [-0.3, -0.25) is 0 Å². The highest BCUT2D eigenvalue weighted by atomic mass is 32.2. The van der Waals surface area contributed by atoms with Crippen LogP contribution in [0.2, 0.25) is 0 Å². The predicted molar refractivity (Wildman–Crippen MR) is 76.7 cm³/mol. The highest BCUT2D eigenvalue weighted by Gasteiger charge is 2.24. The summed E-state index contributed by atoms with van der Waals surface area (Å²) in [7, 11) is -3.78. The molecule has 0 amide bonds. The van der Waals surface area contributed by atoms with Gasteiger partial charge in [-0.15, -0.1) is 0 Å². The number of benzene rings is 1. The number of hydrogen-bond donors (Lipinski definition) is 2. The second-order valence-electron chi connectivity index (χ2n) is 4.83. The van der Waals surface area contributed by atoms with E-state index >= 15 is 0 Å². The SMILES string of the molecule is NS(=O)(=O)c1cccnc1N[C@H]1CCc2ccccc21. The van der Waals surface area contributed by atoms with Crippen LogP contribution in [-0.4, -0.2) is 13.4 Å². The molecule has 3 rings (SSSR count). The lowest BCUT2D eigenvalue weighted by atomic mass is 10.1. The van der Waals surface area contributed by atoms with Crippen molar-refractivity contribution < 1.29 is 8.42 Å². The standard InChI is InChI=1S/C14H15N3O2S/c15-20(18,19)13-6-3-9-16-14(13)17-12-8-7-10-4-1-2-5-11(10)12/h1-6,9,12H,7-8H2,(H,16,17)(H2,15,18,19)/t12-/m0/s1. The molecule has 1 aromatic carbocycles. The van der Waals surface area contributed by atoms with Crippen molar-refractivity contribution >= 4 is 15.8 Å². The van der Waals surface area contributed by atoms with Crippen molar-refractivity contribution in [1.82, 2.24) is 4.98 Å². The molecule has 1 heterocycles. The molecule has 0 fully saturated rings. The van der Waals surface area contributed by atoms with E-state index in [0.29, 0.717) is 5.82 Å². The maximum Gasteiger partial charge on any atom is 0.241 e. The third-order valence-electron chi connectivity index (χ3n) is 3.52. The first kappa shape index (κ1) is 13.1. The highest BCUT2D eigenvalue weighted by molar-refractivity contribution is 7.89. The van der Waals surface area contributed by atoms with E-state index in [2.05, 4.69) is 22.4 Å². The predicted octanol–water partition coefficient (Wildman–Crippen LogP) is 1.83. The Hall–Kier alpha value is -1.92. The maximum absolute atomic E-state index is 11.6. The molecular formula is C14H15N3O2S. The van der Waals surface area contributed by atoms with Crippen LogP contribution in [-0.2, 0) is 16.4 Å². The van der Waals surface area contributed by atoms with Crippen molar-refractivity contribution in [3.05, 3.63) is 53.7 Å². The molecule has 20 heavy (non-hydrogen) atoms. The topological polar surface area (TPSA) is 85.1 Å². The Bertz CT molecular complexity index is 744. The third kappa shape index (κ3) is 2.39. The molecule has 0 spiro atoms. The van der Waals surface area contributed by atoms with Gasteiger partial charge in [0.15, 0.2) is 0 Å². The van der Waals surface area contributed by atoms with Crippen LogP contribution in [0.4, 0.5) is 5.82 Å². The molecule has 3 N–H and O–H groups in total. The molecule has 1 atom stereocenters. The molecule has 6 heteroatoms. The average molecular weight is 289 g/mol. The highest BCUT2D eigenvalue weighted by Crippen LogP contribution is 2.34. The summed E-state index contributed by atoms with van der Waals surface area (Å²) < 4.78 is 23.1. The van der Waals surface area contributed by atoms with Gasteiger partial charge in [-0.05, 0) is 36.1 Å². The third-order valence-corrected chi connectivity index (χ3v) is 4.46. The molecule has 0 saturated heterocycles. The summed E-state index contributed by atoms with van der Waals surface area (Å²) in [6, 6.07) is 11.2. The van der Waals surface area contributed by atoms with Crippen molar-refractivity contribution in [3.63, 3.8) is 0 Å². The van der Waals surface area contributed by atoms with E-state index in [0.717, 1.165) is 12.8 Å². The van der Waals surface area contributed by atoms with Crippen molar-refractivity contribution in [1.29, 1.82) is 0 Å². The van der Waals surface area contributed by atoms with Crippen LogP contribution in [0.1, 0.15) is 23.6 Å². The van der Waals surface area contributed by atoms with Gasteiger partial charge in [-0.1, -0.05) is 24.3 Å². The first-order valence-corrected chi connectivity index (χ1v) is 7.92. The number of sulfonamides is 1. The number of pyridine rings is 1. The van der Waals surface area contributed by atoms with E-state index < -0.39 is 10.0 Å². The van der Waals surface area contributed by atoms with Crippen molar-refractivity contribution in [2.45, 2.75) is 23.8 Å². The number of nitrogens with two attached hydrogens (primary N) is 1. The van der Waals surface area contributed by atoms with Gasteiger partial charge < -0.3 is 5.32 Å². The number of nitrogens with one attached hydrogen (secondary N) is 1. The molecule has 0 saturated carbocycles. The molecule has 0 radical (unpaired) electrons. The summed E-state index contributed by atoms with van der Waals surface area (Å²) >= 11 is 0. The lowest BCUT2D eigenvalue weighted by Crippen LogP contribution is -2.17. The number of primary sulfonamides is 1. The number of fused-ring (bicyclic) bond motifs is 1. The van der Waals surface area contributed by atoms with Crippen LogP contribution in [0.5, 0.6) is 0 Å². The number of rotatable bonds is 3. The molecule has 2 aromatic rings. The van der Waals surface area contributed by atoms with E-state index in [4.69, 9.17) is 5.14 Å². The van der Waals surface area contributed by atoms with Crippen molar-refractivity contribution in [2.75, 3.05) is 5.32 Å². The number of hydrogen-bond acceptors (Lipinski definition) is 4. The molecule has 1 aliphatic rings. The molecule has 104 valence electrons. The van der Waals surface area contributed by atoms with E-state index in [1.165, 1.54) is 17.2 Å². The smallest absolute Gasteiger partial charge is 0.241 e. The zero-order valence-corrected chi connectivity index (χ0v) is 11.6. The van der Waals surface area contributed by atoms with Crippen LogP contribution in [0.25, 0.3) is 0 Å². The molecule has 0 bridgehead atoms. The van der Waals surface area contributed by atoms with Crippen LogP contribution in [0.3, 0.4) is 0 Å². The molecular weight excluding hydrogens is 274 g/mol. The van der Waals surface area contributed by atoms with Crippen LogP contribution in [0.15, 0.2) is 47.5 Å². The second kappa shape index (κ2) is 4.88. The lowest BCUT2D eigenvalue weighted by molar-refractivity contribution is 0.597. The summed E-state index contributed by atoms with van der Waals surface area (Å²) in [5.74, 6) is 0.316. The Kier molecular flexibility index (Phi) is 3.19. The fourth-order valence-electron chi connectivity index (χ4n) is 2.60. The Morgan fingerprint density at radius 2 is 2.00 bits per heavy atom. The normalized spacial score (nSPS) is 17.8. The van der Waals surface area contributed by atoms with Crippen molar-refractivity contribution in [2.24, 2.45) is 5.14 Å². The van der Waals surface area contributed by atoms with E-state index in [1.54, 1.807) is 12.3 Å². The lowest BCUT2D eigenvalue weighted by Gasteiger charge is -2.16. The molecule has 5 nitrogen and oxygen atoms in total. The van der Waals surface area contributed by atoms with Gasteiger partial charge >= 0.3 is 0 Å². The van der Waals surface area contributed by atoms with Gasteiger partial charge in [0.2, 0.25) is 10.0 Å². The monoisotopic (exact) mass is 289 g/mol. The summed E-state index contributed by atoms with van der Waals surface area (Å²) in [5, 5.41) is 8.42. The van der Waals surface area contributed by atoms with Gasteiger partial charge in [-0.25, -0.2) is 18.5 Å². The second-order valence-corrected chi connectivity index (χ2v) is 6.36. The number of aromatic nitrogens is 1. The maximum atomic E-state index is 11.6. The molecule has 1 aromatic heterocycles. The minimum Gasteiger partial charge on any atom is -0.362 e. The molecule has 0 unspecified atom stereocenters. The van der Waals surface area contributed by atoms with E-state index in [9.17, 15) is 8.42 Å². The van der Waals surface area contributed by atoms with Gasteiger partial charge in [0, 0.05) is 6.20 Å². The average Bonchev–Trinajstić information content (AvgIpc) is 2.82. The fraction of sp³-hybridized carbons (Fsp3) is 0.214. The first-order chi connectivity index (χ1) is 9.55. The van der Waals surface area contributed by atoms with Crippen molar-refractivity contribution in [3.8, 4) is 0 Å². The molecule has 0 aliphatic heterocycles. The summed E-state index contributed by atoms with van der Waals surface area (Å²) in [4.78, 5) is 4.14. The van der Waals surface area contributed by atoms with E-state index in [1.807, 2.05) is 12.1 Å². The van der Waals surface area contributed by atoms with Crippen LogP contribution in [0, 0.1) is 0 Å². The fourth-order valence-corrected chi connectivity index (χ4v) is 3.25. The zero-order valence-electron chi connectivity index (χ0n) is 10.8. The van der Waals surface area contributed by atoms with Crippen LogP contribution >= 0.6 is 0 Å². The number of aryl methyl sites for hydroxylation is 1. The Morgan fingerprint density at radius 3 is 2.80 bits per heavy atom.